The highest BCUT2D eigenvalue weighted by Crippen LogP contribution is 2.40. The lowest BCUT2D eigenvalue weighted by Gasteiger charge is -2.14. The molecule has 0 heterocycles. The van der Waals surface area contributed by atoms with Crippen molar-refractivity contribution < 1.29 is 5.11 Å². The maximum absolute atomic E-state index is 9.90. The largest absolute Gasteiger partial charge is 0.390 e. The highest BCUT2D eigenvalue weighted by atomic mass is 79.9. The fourth-order valence-electron chi connectivity index (χ4n) is 1.71. The lowest BCUT2D eigenvalue weighted by atomic mass is 9.98. The van der Waals surface area contributed by atoms with Crippen LogP contribution in [0.3, 0.4) is 0 Å². The Morgan fingerprint density at radius 1 is 1.36 bits per heavy atom. The summed E-state index contributed by atoms with van der Waals surface area (Å²) in [5.74, 6) is 0. The molecule has 76 valence electrons. The first-order chi connectivity index (χ1) is 6.52. The summed E-state index contributed by atoms with van der Waals surface area (Å²) in [5.41, 5.74) is 3.47. The van der Waals surface area contributed by atoms with Gasteiger partial charge in [0.25, 0.3) is 0 Å². The molecule has 0 amide bonds. The van der Waals surface area contributed by atoms with Gasteiger partial charge in [-0.3, -0.25) is 0 Å². The fourth-order valence-corrected chi connectivity index (χ4v) is 2.28. The molecular weight excluding hydrogens is 240 g/mol. The average Bonchev–Trinajstić information content (AvgIpc) is 2.86. The summed E-state index contributed by atoms with van der Waals surface area (Å²) >= 11 is 3.55. The second-order valence-corrected chi connectivity index (χ2v) is 5.22. The molecule has 1 aromatic rings. The molecule has 1 aliphatic rings. The van der Waals surface area contributed by atoms with Gasteiger partial charge in [-0.05, 0) is 49.4 Å². The number of aryl methyl sites for hydroxylation is 1. The van der Waals surface area contributed by atoms with E-state index in [-0.39, 0.29) is 0 Å². The molecule has 0 unspecified atom stereocenters. The molecule has 1 N–H and O–H groups in total. The van der Waals surface area contributed by atoms with Crippen LogP contribution in [0.1, 0.15) is 29.5 Å². The zero-order chi connectivity index (χ0) is 10.3. The third kappa shape index (κ3) is 1.86. The maximum atomic E-state index is 9.90. The van der Waals surface area contributed by atoms with E-state index < -0.39 is 5.60 Å². The van der Waals surface area contributed by atoms with Gasteiger partial charge < -0.3 is 5.11 Å². The molecule has 2 rings (SSSR count). The molecule has 0 saturated heterocycles. The van der Waals surface area contributed by atoms with Crippen molar-refractivity contribution in [3.8, 4) is 0 Å². The SMILES string of the molecule is Cc1ccc(Br)c(CC2(O)CC2)c1C. The van der Waals surface area contributed by atoms with Crippen LogP contribution >= 0.6 is 15.9 Å². The minimum atomic E-state index is -0.402. The van der Waals surface area contributed by atoms with Crippen LogP contribution in [0.4, 0.5) is 0 Å². The first-order valence-electron chi connectivity index (χ1n) is 4.99. The van der Waals surface area contributed by atoms with Gasteiger partial charge in [0.2, 0.25) is 0 Å². The summed E-state index contributed by atoms with van der Waals surface area (Å²) < 4.78 is 1.13. The first-order valence-corrected chi connectivity index (χ1v) is 5.78. The highest BCUT2D eigenvalue weighted by molar-refractivity contribution is 9.10. The smallest absolute Gasteiger partial charge is 0.0690 e. The predicted molar refractivity (Wildman–Crippen MR) is 61.5 cm³/mol. The van der Waals surface area contributed by atoms with E-state index in [4.69, 9.17) is 0 Å². The second kappa shape index (κ2) is 3.35. The molecule has 0 aromatic heterocycles. The number of aliphatic hydroxyl groups is 1. The van der Waals surface area contributed by atoms with Gasteiger partial charge in [-0.1, -0.05) is 22.0 Å². The van der Waals surface area contributed by atoms with Gasteiger partial charge in [-0.2, -0.15) is 0 Å². The van der Waals surface area contributed by atoms with E-state index >= 15 is 0 Å². The highest BCUT2D eigenvalue weighted by Gasteiger charge is 2.40. The van der Waals surface area contributed by atoms with Crippen molar-refractivity contribution in [2.45, 2.75) is 38.7 Å². The number of hydrogen-bond acceptors (Lipinski definition) is 1. The Morgan fingerprint density at radius 3 is 2.57 bits per heavy atom. The van der Waals surface area contributed by atoms with Crippen molar-refractivity contribution in [2.24, 2.45) is 0 Å². The number of hydrogen-bond donors (Lipinski definition) is 1. The van der Waals surface area contributed by atoms with Crippen molar-refractivity contribution in [3.63, 3.8) is 0 Å². The third-order valence-electron chi connectivity index (χ3n) is 3.15. The fraction of sp³-hybridized carbons (Fsp3) is 0.500. The van der Waals surface area contributed by atoms with Gasteiger partial charge >= 0.3 is 0 Å². The summed E-state index contributed by atoms with van der Waals surface area (Å²) in [4.78, 5) is 0. The number of benzene rings is 1. The van der Waals surface area contributed by atoms with Gasteiger partial charge in [-0.25, -0.2) is 0 Å². The van der Waals surface area contributed by atoms with E-state index in [2.05, 4.69) is 41.9 Å². The topological polar surface area (TPSA) is 20.2 Å². The standard InChI is InChI=1S/C12H15BrO/c1-8-3-4-11(13)10(9(8)2)7-12(14)5-6-12/h3-4,14H,5-7H2,1-2H3. The van der Waals surface area contributed by atoms with Crippen LogP contribution < -0.4 is 0 Å². The van der Waals surface area contributed by atoms with Crippen molar-refractivity contribution in [1.82, 2.24) is 0 Å². The molecule has 0 radical (unpaired) electrons. The molecular formula is C12H15BrO. The summed E-state index contributed by atoms with van der Waals surface area (Å²) in [5, 5.41) is 9.90. The van der Waals surface area contributed by atoms with Crippen molar-refractivity contribution >= 4 is 15.9 Å². The molecule has 0 aliphatic heterocycles. The lowest BCUT2D eigenvalue weighted by molar-refractivity contribution is 0.150. The summed E-state index contributed by atoms with van der Waals surface area (Å²) in [7, 11) is 0. The minimum absolute atomic E-state index is 0.402. The Kier molecular flexibility index (Phi) is 2.44. The Hall–Kier alpha value is -0.340. The zero-order valence-corrected chi connectivity index (χ0v) is 10.2. The molecule has 1 saturated carbocycles. The van der Waals surface area contributed by atoms with Gasteiger partial charge in [0.15, 0.2) is 0 Å². The quantitative estimate of drug-likeness (QED) is 0.860. The van der Waals surface area contributed by atoms with Crippen molar-refractivity contribution in [2.75, 3.05) is 0 Å². The number of rotatable bonds is 2. The maximum Gasteiger partial charge on any atom is 0.0690 e. The van der Waals surface area contributed by atoms with Crippen LogP contribution in [0, 0.1) is 13.8 Å². The van der Waals surface area contributed by atoms with Crippen molar-refractivity contribution in [1.29, 1.82) is 0 Å². The molecule has 1 nitrogen and oxygen atoms in total. The molecule has 1 aliphatic carbocycles. The van der Waals surface area contributed by atoms with Crippen LogP contribution in [-0.2, 0) is 6.42 Å². The van der Waals surface area contributed by atoms with Crippen molar-refractivity contribution in [3.05, 3.63) is 33.3 Å². The average molecular weight is 255 g/mol. The molecule has 0 spiro atoms. The first kappa shape index (κ1) is 10.2. The molecule has 1 fully saturated rings. The van der Waals surface area contributed by atoms with Crippen LogP contribution in [0.25, 0.3) is 0 Å². The summed E-state index contributed by atoms with van der Waals surface area (Å²) in [6.07, 6.45) is 2.70. The van der Waals surface area contributed by atoms with Gasteiger partial charge in [0.1, 0.15) is 0 Å². The van der Waals surface area contributed by atoms with E-state index in [0.717, 1.165) is 23.7 Å². The Bertz CT molecular complexity index is 367. The third-order valence-corrected chi connectivity index (χ3v) is 3.89. The summed E-state index contributed by atoms with van der Waals surface area (Å²) in [6, 6.07) is 4.18. The van der Waals surface area contributed by atoms with E-state index in [1.807, 2.05) is 0 Å². The lowest BCUT2D eigenvalue weighted by Crippen LogP contribution is -2.12. The molecule has 1 aromatic carbocycles. The minimum Gasteiger partial charge on any atom is -0.390 e. The Morgan fingerprint density at radius 2 is 2.00 bits per heavy atom. The normalized spacial score (nSPS) is 18.3. The second-order valence-electron chi connectivity index (χ2n) is 4.37. The van der Waals surface area contributed by atoms with E-state index in [1.165, 1.54) is 16.7 Å². The van der Waals surface area contributed by atoms with Crippen LogP contribution in [0.2, 0.25) is 0 Å². The molecule has 14 heavy (non-hydrogen) atoms. The monoisotopic (exact) mass is 254 g/mol. The number of halogens is 1. The molecule has 0 bridgehead atoms. The Balaban J connectivity index is 2.35. The van der Waals surface area contributed by atoms with Crippen LogP contribution in [0.5, 0.6) is 0 Å². The predicted octanol–water partition coefficient (Wildman–Crippen LogP) is 3.13. The van der Waals surface area contributed by atoms with Gasteiger partial charge in [0.05, 0.1) is 5.60 Å². The molecule has 0 atom stereocenters. The van der Waals surface area contributed by atoms with Crippen LogP contribution in [0.15, 0.2) is 16.6 Å². The Labute approximate surface area is 93.3 Å². The van der Waals surface area contributed by atoms with Gasteiger partial charge in [0, 0.05) is 10.9 Å². The van der Waals surface area contributed by atoms with E-state index in [9.17, 15) is 5.11 Å². The zero-order valence-electron chi connectivity index (χ0n) is 8.60. The molecule has 2 heteroatoms. The van der Waals surface area contributed by atoms with Gasteiger partial charge in [-0.15, -0.1) is 0 Å². The van der Waals surface area contributed by atoms with E-state index in [1.54, 1.807) is 0 Å². The van der Waals surface area contributed by atoms with E-state index in [0.29, 0.717) is 0 Å². The summed E-state index contributed by atoms with van der Waals surface area (Å²) in [6.45, 7) is 4.24. The van der Waals surface area contributed by atoms with Crippen LogP contribution in [-0.4, -0.2) is 10.7 Å².